The maximum absolute atomic E-state index is 12.1. The summed E-state index contributed by atoms with van der Waals surface area (Å²) in [5, 5.41) is 10.3. The third kappa shape index (κ3) is 2.62. The van der Waals surface area contributed by atoms with Crippen LogP contribution < -0.4 is 10.6 Å². The number of anilines is 2. The Bertz CT molecular complexity index is 474. The first-order chi connectivity index (χ1) is 9.19. The van der Waals surface area contributed by atoms with Crippen LogP contribution in [0, 0.1) is 11.8 Å². The third-order valence-corrected chi connectivity index (χ3v) is 5.33. The lowest BCUT2D eigenvalue weighted by molar-refractivity contribution is 0.0972. The van der Waals surface area contributed by atoms with Crippen LogP contribution in [0.3, 0.4) is 0 Å². The molecule has 2 heterocycles. The average Bonchev–Trinajstić information content (AvgIpc) is 3.21. The highest BCUT2D eigenvalue weighted by molar-refractivity contribution is 7.18. The quantitative estimate of drug-likeness (QED) is 0.829. The van der Waals surface area contributed by atoms with Gasteiger partial charge in [-0.1, -0.05) is 0 Å². The highest BCUT2D eigenvalue weighted by Gasteiger charge is 2.33. The first-order valence-corrected chi connectivity index (χ1v) is 7.80. The third-order valence-electron chi connectivity index (χ3n) is 4.10. The topological polar surface area (TPSA) is 66.6 Å². The SMILES string of the molecule is Nc1cc(N2CCC(CO)CC2)sc1C(=O)C1CC1. The predicted molar refractivity (Wildman–Crippen MR) is 77.8 cm³/mol. The Balaban J connectivity index is 1.71. The van der Waals surface area contributed by atoms with Crippen LogP contribution in [0.5, 0.6) is 0 Å². The molecule has 1 aliphatic carbocycles. The number of Topliss-reactive ketones (excluding diaryl/α,β-unsaturated/α-hetero) is 1. The molecule has 1 aromatic rings. The summed E-state index contributed by atoms with van der Waals surface area (Å²) in [5.41, 5.74) is 6.63. The van der Waals surface area contributed by atoms with Gasteiger partial charge < -0.3 is 15.7 Å². The van der Waals surface area contributed by atoms with Crippen molar-refractivity contribution < 1.29 is 9.90 Å². The molecule has 0 bridgehead atoms. The van der Waals surface area contributed by atoms with Crippen LogP contribution in [0.1, 0.15) is 35.4 Å². The number of carbonyl (C=O) groups is 1. The summed E-state index contributed by atoms with van der Waals surface area (Å²) in [7, 11) is 0. The molecular weight excluding hydrogens is 260 g/mol. The van der Waals surface area contributed by atoms with E-state index >= 15 is 0 Å². The zero-order valence-electron chi connectivity index (χ0n) is 11.0. The van der Waals surface area contributed by atoms with Gasteiger partial charge in [-0.3, -0.25) is 4.79 Å². The zero-order chi connectivity index (χ0) is 13.4. The number of nitrogens with zero attached hydrogens (tertiary/aromatic N) is 1. The monoisotopic (exact) mass is 280 g/mol. The van der Waals surface area contributed by atoms with E-state index in [1.54, 1.807) is 11.3 Å². The molecule has 104 valence electrons. The van der Waals surface area contributed by atoms with Crippen molar-refractivity contribution in [2.75, 3.05) is 30.3 Å². The molecule has 0 radical (unpaired) electrons. The van der Waals surface area contributed by atoms with E-state index in [0.29, 0.717) is 11.6 Å². The molecule has 1 saturated heterocycles. The normalized spacial score (nSPS) is 20.8. The van der Waals surface area contributed by atoms with Crippen LogP contribution >= 0.6 is 11.3 Å². The van der Waals surface area contributed by atoms with E-state index < -0.39 is 0 Å². The number of nitrogens with two attached hydrogens (primary N) is 1. The largest absolute Gasteiger partial charge is 0.397 e. The molecule has 1 saturated carbocycles. The molecule has 0 spiro atoms. The Morgan fingerprint density at radius 1 is 1.37 bits per heavy atom. The highest BCUT2D eigenvalue weighted by Crippen LogP contribution is 2.40. The fourth-order valence-corrected chi connectivity index (χ4v) is 3.76. The Morgan fingerprint density at radius 3 is 2.63 bits per heavy atom. The van der Waals surface area contributed by atoms with Crippen molar-refractivity contribution >= 4 is 27.8 Å². The second-order valence-corrected chi connectivity index (χ2v) is 6.65. The van der Waals surface area contributed by atoms with Crippen molar-refractivity contribution in [1.82, 2.24) is 0 Å². The molecule has 19 heavy (non-hydrogen) atoms. The van der Waals surface area contributed by atoms with Crippen LogP contribution in [0.15, 0.2) is 6.07 Å². The number of hydrogen-bond acceptors (Lipinski definition) is 5. The summed E-state index contributed by atoms with van der Waals surface area (Å²) >= 11 is 1.54. The van der Waals surface area contributed by atoms with Gasteiger partial charge in [0.15, 0.2) is 5.78 Å². The van der Waals surface area contributed by atoms with Crippen molar-refractivity contribution in [3.05, 3.63) is 10.9 Å². The average molecular weight is 280 g/mol. The van der Waals surface area contributed by atoms with Crippen molar-refractivity contribution in [3.63, 3.8) is 0 Å². The maximum atomic E-state index is 12.1. The second-order valence-electron chi connectivity index (χ2n) is 5.62. The molecule has 0 unspecified atom stereocenters. The van der Waals surface area contributed by atoms with Gasteiger partial charge in [0.2, 0.25) is 0 Å². The van der Waals surface area contributed by atoms with Crippen LogP contribution in [0.2, 0.25) is 0 Å². The Morgan fingerprint density at radius 2 is 2.05 bits per heavy atom. The summed E-state index contributed by atoms with van der Waals surface area (Å²) in [4.78, 5) is 15.1. The Kier molecular flexibility index (Phi) is 3.50. The van der Waals surface area contributed by atoms with Crippen LogP contribution in [-0.2, 0) is 0 Å². The Labute approximate surface area is 117 Å². The van der Waals surface area contributed by atoms with Crippen LogP contribution in [-0.4, -0.2) is 30.6 Å². The molecule has 1 aromatic heterocycles. The summed E-state index contributed by atoms with van der Waals surface area (Å²) in [6.45, 7) is 2.18. The van der Waals surface area contributed by atoms with E-state index in [1.807, 2.05) is 6.07 Å². The number of ketones is 1. The summed E-state index contributed by atoms with van der Waals surface area (Å²) < 4.78 is 0. The molecule has 2 fully saturated rings. The van der Waals surface area contributed by atoms with Gasteiger partial charge in [0.1, 0.15) is 0 Å². The van der Waals surface area contributed by atoms with Gasteiger partial charge in [-0.15, -0.1) is 11.3 Å². The van der Waals surface area contributed by atoms with E-state index in [0.717, 1.165) is 48.7 Å². The van der Waals surface area contributed by atoms with Crippen molar-refractivity contribution in [1.29, 1.82) is 0 Å². The van der Waals surface area contributed by atoms with E-state index in [2.05, 4.69) is 4.90 Å². The molecule has 3 rings (SSSR count). The minimum absolute atomic E-state index is 0.230. The molecule has 0 aromatic carbocycles. The van der Waals surface area contributed by atoms with E-state index in [-0.39, 0.29) is 18.3 Å². The maximum Gasteiger partial charge on any atom is 0.178 e. The molecule has 2 aliphatic rings. The van der Waals surface area contributed by atoms with Crippen LogP contribution in [0.25, 0.3) is 0 Å². The zero-order valence-corrected chi connectivity index (χ0v) is 11.8. The summed E-state index contributed by atoms with van der Waals surface area (Å²) in [6, 6.07) is 1.94. The van der Waals surface area contributed by atoms with Gasteiger partial charge in [-0.2, -0.15) is 0 Å². The number of hydrogen-bond donors (Lipinski definition) is 2. The molecule has 4 nitrogen and oxygen atoms in total. The van der Waals surface area contributed by atoms with Gasteiger partial charge in [0, 0.05) is 25.6 Å². The summed E-state index contributed by atoms with van der Waals surface area (Å²) in [6.07, 6.45) is 4.07. The van der Waals surface area contributed by atoms with Crippen molar-refractivity contribution in [2.45, 2.75) is 25.7 Å². The fourth-order valence-electron chi connectivity index (χ4n) is 2.61. The first-order valence-electron chi connectivity index (χ1n) is 6.98. The standard InChI is InChI=1S/C14H20N2O2S/c15-11-7-12(16-5-3-9(8-17)4-6-16)19-14(11)13(18)10-1-2-10/h7,9-10,17H,1-6,8,15H2. The molecule has 3 N–H and O–H groups in total. The summed E-state index contributed by atoms with van der Waals surface area (Å²) in [5.74, 6) is 0.897. The van der Waals surface area contributed by atoms with E-state index in [4.69, 9.17) is 10.8 Å². The molecular formula is C14H20N2O2S. The van der Waals surface area contributed by atoms with Gasteiger partial charge in [-0.05, 0) is 37.7 Å². The van der Waals surface area contributed by atoms with Crippen molar-refractivity contribution in [3.8, 4) is 0 Å². The lowest BCUT2D eigenvalue weighted by Gasteiger charge is -2.31. The van der Waals surface area contributed by atoms with Gasteiger partial charge in [-0.25, -0.2) is 0 Å². The second kappa shape index (κ2) is 5.13. The number of aliphatic hydroxyl groups is 1. The predicted octanol–water partition coefficient (Wildman–Crippen LogP) is 2.13. The van der Waals surface area contributed by atoms with Gasteiger partial charge in [0.25, 0.3) is 0 Å². The smallest absolute Gasteiger partial charge is 0.178 e. The highest BCUT2D eigenvalue weighted by atomic mass is 32.1. The number of rotatable bonds is 4. The Hall–Kier alpha value is -1.07. The molecule has 0 amide bonds. The molecule has 0 atom stereocenters. The lowest BCUT2D eigenvalue weighted by atomic mass is 9.98. The van der Waals surface area contributed by atoms with Crippen molar-refractivity contribution in [2.24, 2.45) is 11.8 Å². The number of nitrogen functional groups attached to an aromatic ring is 1. The van der Waals surface area contributed by atoms with Gasteiger partial charge >= 0.3 is 0 Å². The lowest BCUT2D eigenvalue weighted by Crippen LogP contribution is -2.34. The minimum atomic E-state index is 0.230. The fraction of sp³-hybridized carbons (Fsp3) is 0.643. The molecule has 1 aliphatic heterocycles. The van der Waals surface area contributed by atoms with E-state index in [1.165, 1.54) is 0 Å². The number of piperidine rings is 1. The number of carbonyl (C=O) groups excluding carboxylic acids is 1. The number of thiophene rings is 1. The van der Waals surface area contributed by atoms with E-state index in [9.17, 15) is 4.79 Å². The van der Waals surface area contributed by atoms with Crippen LogP contribution in [0.4, 0.5) is 10.7 Å². The molecule has 5 heteroatoms. The minimum Gasteiger partial charge on any atom is -0.397 e. The number of aliphatic hydroxyl groups excluding tert-OH is 1. The first kappa shape index (κ1) is 12.9. The van der Waals surface area contributed by atoms with Gasteiger partial charge in [0.05, 0.1) is 15.6 Å².